The summed E-state index contributed by atoms with van der Waals surface area (Å²) in [6, 6.07) is 0. The van der Waals surface area contributed by atoms with Crippen LogP contribution in [0.5, 0.6) is 0 Å². The molecule has 0 spiro atoms. The van der Waals surface area contributed by atoms with Crippen LogP contribution in [0.1, 0.15) is 13.3 Å². The molecule has 0 bridgehead atoms. The largest absolute Gasteiger partial charge is 0.411 e. The lowest BCUT2D eigenvalue weighted by molar-refractivity contribution is -0.182. The first-order chi connectivity index (χ1) is 7.44. The van der Waals surface area contributed by atoms with Crippen molar-refractivity contribution in [1.29, 1.82) is 0 Å². The van der Waals surface area contributed by atoms with Crippen LogP contribution in [0.2, 0.25) is 0 Å². The standard InChI is InChI=1S/C9H13F3N2O2/c1-2-3-13-4-5-14(8(13)15)7-16-6-9(10,11)12/h4-5H,2-3,6-7H2,1H3. The molecule has 1 aromatic heterocycles. The van der Waals surface area contributed by atoms with Crippen LogP contribution in [0.15, 0.2) is 17.2 Å². The first kappa shape index (κ1) is 12.8. The van der Waals surface area contributed by atoms with Gasteiger partial charge < -0.3 is 4.74 Å². The zero-order chi connectivity index (χ0) is 12.2. The lowest BCUT2D eigenvalue weighted by Gasteiger charge is -2.07. The van der Waals surface area contributed by atoms with Gasteiger partial charge in [0.05, 0.1) is 0 Å². The third kappa shape index (κ3) is 3.73. The highest BCUT2D eigenvalue weighted by Gasteiger charge is 2.27. The monoisotopic (exact) mass is 238 g/mol. The average Bonchev–Trinajstić information content (AvgIpc) is 2.48. The summed E-state index contributed by atoms with van der Waals surface area (Å²) in [5, 5.41) is 0. The van der Waals surface area contributed by atoms with Gasteiger partial charge in [-0.2, -0.15) is 13.2 Å². The van der Waals surface area contributed by atoms with Gasteiger partial charge in [0.25, 0.3) is 0 Å². The van der Waals surface area contributed by atoms with E-state index in [1.807, 2.05) is 6.92 Å². The van der Waals surface area contributed by atoms with Crippen LogP contribution < -0.4 is 5.69 Å². The summed E-state index contributed by atoms with van der Waals surface area (Å²) >= 11 is 0. The number of hydrogen-bond donors (Lipinski definition) is 0. The molecule has 1 rings (SSSR count). The van der Waals surface area contributed by atoms with Gasteiger partial charge in [-0.05, 0) is 6.42 Å². The molecule has 16 heavy (non-hydrogen) atoms. The third-order valence-corrected chi connectivity index (χ3v) is 1.88. The molecule has 0 aliphatic rings. The fraction of sp³-hybridized carbons (Fsp3) is 0.667. The van der Waals surface area contributed by atoms with E-state index in [1.165, 1.54) is 17.0 Å². The lowest BCUT2D eigenvalue weighted by Crippen LogP contribution is -2.26. The average molecular weight is 238 g/mol. The van der Waals surface area contributed by atoms with Gasteiger partial charge in [-0.25, -0.2) is 4.79 Å². The molecular formula is C9H13F3N2O2. The maximum atomic E-state index is 11.8. The predicted molar refractivity (Wildman–Crippen MR) is 51.0 cm³/mol. The number of rotatable bonds is 5. The fourth-order valence-electron chi connectivity index (χ4n) is 1.22. The molecule has 92 valence electrons. The Bertz CT molecular complexity index is 381. The zero-order valence-corrected chi connectivity index (χ0v) is 8.83. The third-order valence-electron chi connectivity index (χ3n) is 1.88. The summed E-state index contributed by atoms with van der Waals surface area (Å²) in [7, 11) is 0. The van der Waals surface area contributed by atoms with E-state index in [1.54, 1.807) is 0 Å². The summed E-state index contributed by atoms with van der Waals surface area (Å²) in [5.41, 5.74) is -0.357. The highest BCUT2D eigenvalue weighted by molar-refractivity contribution is 4.80. The van der Waals surface area contributed by atoms with Gasteiger partial charge in [-0.3, -0.25) is 9.13 Å². The molecule has 0 atom stereocenters. The quantitative estimate of drug-likeness (QED) is 0.781. The van der Waals surface area contributed by atoms with Gasteiger partial charge in [-0.15, -0.1) is 0 Å². The molecule has 0 amide bonds. The van der Waals surface area contributed by atoms with Crippen molar-refractivity contribution in [2.45, 2.75) is 32.8 Å². The maximum Gasteiger partial charge on any atom is 0.411 e. The minimum Gasteiger partial charge on any atom is -0.351 e. The number of hydrogen-bond acceptors (Lipinski definition) is 2. The number of imidazole rings is 1. The van der Waals surface area contributed by atoms with Gasteiger partial charge in [0, 0.05) is 18.9 Å². The number of aryl methyl sites for hydroxylation is 1. The molecule has 7 heteroatoms. The maximum absolute atomic E-state index is 11.8. The van der Waals surface area contributed by atoms with Crippen LogP contribution in [0.4, 0.5) is 13.2 Å². The summed E-state index contributed by atoms with van der Waals surface area (Å²) < 4.78 is 42.2. The Hall–Kier alpha value is -1.24. The Balaban J connectivity index is 2.52. The molecule has 0 fully saturated rings. The van der Waals surface area contributed by atoms with Crippen LogP contribution in [0.25, 0.3) is 0 Å². The molecule has 1 aromatic rings. The van der Waals surface area contributed by atoms with Crippen LogP contribution >= 0.6 is 0 Å². The second-order valence-corrected chi connectivity index (χ2v) is 3.34. The smallest absolute Gasteiger partial charge is 0.351 e. The first-order valence-electron chi connectivity index (χ1n) is 4.84. The van der Waals surface area contributed by atoms with E-state index in [9.17, 15) is 18.0 Å². The minimum atomic E-state index is -4.37. The summed E-state index contributed by atoms with van der Waals surface area (Å²) in [4.78, 5) is 11.5. The van der Waals surface area contributed by atoms with Crippen LogP contribution in [-0.4, -0.2) is 21.9 Å². The van der Waals surface area contributed by atoms with Gasteiger partial charge in [0.1, 0.15) is 13.3 Å². The van der Waals surface area contributed by atoms with E-state index >= 15 is 0 Å². The van der Waals surface area contributed by atoms with Crippen molar-refractivity contribution in [2.75, 3.05) is 6.61 Å². The molecule has 0 aliphatic carbocycles. The van der Waals surface area contributed by atoms with Crippen LogP contribution in [-0.2, 0) is 18.0 Å². The van der Waals surface area contributed by atoms with Crippen molar-refractivity contribution in [1.82, 2.24) is 9.13 Å². The lowest BCUT2D eigenvalue weighted by atomic mass is 10.5. The molecule has 4 nitrogen and oxygen atoms in total. The van der Waals surface area contributed by atoms with Gasteiger partial charge in [0.15, 0.2) is 0 Å². The van der Waals surface area contributed by atoms with Gasteiger partial charge in [-0.1, -0.05) is 6.92 Å². The van der Waals surface area contributed by atoms with Crippen molar-refractivity contribution in [3.05, 3.63) is 22.9 Å². The van der Waals surface area contributed by atoms with Crippen molar-refractivity contribution in [3.63, 3.8) is 0 Å². The van der Waals surface area contributed by atoms with Gasteiger partial charge in [0.2, 0.25) is 0 Å². The summed E-state index contributed by atoms with van der Waals surface area (Å²) in [6.07, 6.45) is -0.639. The number of alkyl halides is 3. The van der Waals surface area contributed by atoms with Crippen molar-refractivity contribution in [2.24, 2.45) is 0 Å². The topological polar surface area (TPSA) is 36.2 Å². The van der Waals surface area contributed by atoms with E-state index in [0.717, 1.165) is 11.0 Å². The van der Waals surface area contributed by atoms with Crippen molar-refractivity contribution < 1.29 is 17.9 Å². The minimum absolute atomic E-state index is 0.357. The molecule has 0 radical (unpaired) electrons. The Morgan fingerprint density at radius 2 is 1.94 bits per heavy atom. The van der Waals surface area contributed by atoms with Crippen LogP contribution in [0.3, 0.4) is 0 Å². The Morgan fingerprint density at radius 1 is 1.31 bits per heavy atom. The van der Waals surface area contributed by atoms with E-state index < -0.39 is 12.8 Å². The predicted octanol–water partition coefficient (Wildman–Crippen LogP) is 1.60. The zero-order valence-electron chi connectivity index (χ0n) is 8.83. The van der Waals surface area contributed by atoms with Crippen LogP contribution in [0, 0.1) is 0 Å². The number of nitrogens with zero attached hydrogens (tertiary/aromatic N) is 2. The normalized spacial score (nSPS) is 12.0. The molecular weight excluding hydrogens is 225 g/mol. The number of halogens is 3. The summed E-state index contributed by atoms with van der Waals surface area (Å²) in [6.45, 7) is 0.725. The highest BCUT2D eigenvalue weighted by Crippen LogP contribution is 2.14. The first-order valence-corrected chi connectivity index (χ1v) is 4.84. The SMILES string of the molecule is CCCn1ccn(COCC(F)(F)F)c1=O. The summed E-state index contributed by atoms with van der Waals surface area (Å²) in [5.74, 6) is 0. The molecule has 0 N–H and O–H groups in total. The van der Waals surface area contributed by atoms with Gasteiger partial charge >= 0.3 is 11.9 Å². The molecule has 0 aliphatic heterocycles. The second-order valence-electron chi connectivity index (χ2n) is 3.34. The number of ether oxygens (including phenoxy) is 1. The van der Waals surface area contributed by atoms with Crippen molar-refractivity contribution >= 4 is 0 Å². The molecule has 0 saturated heterocycles. The fourth-order valence-corrected chi connectivity index (χ4v) is 1.22. The molecule has 0 unspecified atom stereocenters. The Morgan fingerprint density at radius 3 is 2.50 bits per heavy atom. The number of aromatic nitrogens is 2. The molecule has 0 saturated carbocycles. The van der Waals surface area contributed by atoms with E-state index in [2.05, 4.69) is 4.74 Å². The molecule has 1 heterocycles. The second kappa shape index (κ2) is 5.20. The molecule has 0 aromatic carbocycles. The van der Waals surface area contributed by atoms with E-state index in [-0.39, 0.29) is 12.4 Å². The Kier molecular flexibility index (Phi) is 4.17. The highest BCUT2D eigenvalue weighted by atomic mass is 19.4. The van der Waals surface area contributed by atoms with E-state index in [0.29, 0.717) is 6.54 Å². The van der Waals surface area contributed by atoms with Crippen molar-refractivity contribution in [3.8, 4) is 0 Å². The Labute approximate surface area is 90.2 Å². The van der Waals surface area contributed by atoms with E-state index in [4.69, 9.17) is 0 Å².